The van der Waals surface area contributed by atoms with Gasteiger partial charge in [-0.3, -0.25) is 0 Å². The van der Waals surface area contributed by atoms with Crippen molar-refractivity contribution in [2.75, 3.05) is 0 Å². The van der Waals surface area contributed by atoms with Gasteiger partial charge in [0.1, 0.15) is 0 Å². The minimum Gasteiger partial charge on any atom is -0.207 e. The molecule has 0 bridgehead atoms. The molecule has 0 aliphatic rings. The van der Waals surface area contributed by atoms with Gasteiger partial charge < -0.3 is 0 Å². The Morgan fingerprint density at radius 1 is 1.33 bits per heavy atom. The number of hydrogen-bond acceptors (Lipinski definition) is 3. The molecule has 1 rings (SSSR count). The van der Waals surface area contributed by atoms with E-state index in [1.165, 1.54) is 12.1 Å². The Kier molecular flexibility index (Phi) is 4.22. The molecule has 15 heavy (non-hydrogen) atoms. The second-order valence-corrected chi connectivity index (χ2v) is 6.33. The maximum atomic E-state index is 12.1. The standard InChI is InChI=1S/C7H4Cl2F2O2S2/c8-4-2-1-3-5(15(9,12)13)6(4)14-7(10)11/h1-3,7H. The third-order valence-electron chi connectivity index (χ3n) is 1.40. The van der Waals surface area contributed by atoms with Crippen LogP contribution in [0.4, 0.5) is 8.78 Å². The van der Waals surface area contributed by atoms with Crippen LogP contribution in [0.5, 0.6) is 0 Å². The van der Waals surface area contributed by atoms with Gasteiger partial charge in [-0.2, -0.15) is 8.78 Å². The molecular formula is C7H4Cl2F2O2S2. The summed E-state index contributed by atoms with van der Waals surface area (Å²) in [5, 5.41) is -0.0676. The fourth-order valence-electron chi connectivity index (χ4n) is 0.885. The van der Waals surface area contributed by atoms with E-state index in [9.17, 15) is 17.2 Å². The minimum absolute atomic E-state index is 0.0497. The number of hydrogen-bond donors (Lipinski definition) is 0. The van der Waals surface area contributed by atoms with Crippen molar-refractivity contribution < 1.29 is 17.2 Å². The van der Waals surface area contributed by atoms with Crippen molar-refractivity contribution in [1.29, 1.82) is 0 Å². The summed E-state index contributed by atoms with van der Waals surface area (Å²) in [7, 11) is 1.01. The Hall–Kier alpha value is -0.0400. The van der Waals surface area contributed by atoms with Gasteiger partial charge in [-0.05, 0) is 12.1 Å². The van der Waals surface area contributed by atoms with Crippen molar-refractivity contribution in [3.05, 3.63) is 23.2 Å². The summed E-state index contributed by atoms with van der Waals surface area (Å²) in [6, 6.07) is 3.77. The summed E-state index contributed by atoms with van der Waals surface area (Å²) in [5.74, 6) is -2.76. The molecule has 0 N–H and O–H groups in total. The van der Waals surface area contributed by atoms with Crippen LogP contribution in [-0.2, 0) is 9.05 Å². The van der Waals surface area contributed by atoms with Crippen LogP contribution in [-0.4, -0.2) is 14.2 Å². The quantitative estimate of drug-likeness (QED) is 0.631. The van der Waals surface area contributed by atoms with Gasteiger partial charge in [0.2, 0.25) is 0 Å². The zero-order chi connectivity index (χ0) is 11.6. The average molecular weight is 293 g/mol. The van der Waals surface area contributed by atoms with E-state index >= 15 is 0 Å². The molecule has 0 aliphatic carbocycles. The van der Waals surface area contributed by atoms with E-state index in [1.54, 1.807) is 0 Å². The van der Waals surface area contributed by atoms with Gasteiger partial charge >= 0.3 is 0 Å². The molecule has 0 amide bonds. The van der Waals surface area contributed by atoms with Crippen molar-refractivity contribution in [2.45, 2.75) is 15.5 Å². The van der Waals surface area contributed by atoms with E-state index in [4.69, 9.17) is 22.3 Å². The van der Waals surface area contributed by atoms with E-state index in [0.717, 1.165) is 6.07 Å². The molecule has 0 radical (unpaired) electrons. The molecule has 84 valence electrons. The molecule has 0 saturated carbocycles. The Morgan fingerprint density at radius 2 is 1.93 bits per heavy atom. The zero-order valence-electron chi connectivity index (χ0n) is 6.95. The third kappa shape index (κ3) is 3.48. The first-order valence-corrected chi connectivity index (χ1v) is 7.07. The highest BCUT2D eigenvalue weighted by atomic mass is 35.7. The van der Waals surface area contributed by atoms with Gasteiger partial charge in [0.15, 0.2) is 0 Å². The first-order valence-electron chi connectivity index (χ1n) is 3.50. The van der Waals surface area contributed by atoms with Gasteiger partial charge in [0.25, 0.3) is 14.8 Å². The Morgan fingerprint density at radius 3 is 2.40 bits per heavy atom. The molecule has 0 unspecified atom stereocenters. The van der Waals surface area contributed by atoms with Crippen molar-refractivity contribution in [1.82, 2.24) is 0 Å². The van der Waals surface area contributed by atoms with Gasteiger partial charge in [-0.25, -0.2) is 8.42 Å². The van der Waals surface area contributed by atoms with Gasteiger partial charge in [-0.15, -0.1) is 0 Å². The van der Waals surface area contributed by atoms with E-state index in [2.05, 4.69) is 0 Å². The zero-order valence-corrected chi connectivity index (χ0v) is 10.1. The average Bonchev–Trinajstić information content (AvgIpc) is 2.05. The summed E-state index contributed by atoms with van der Waals surface area (Å²) in [6.07, 6.45) is 0. The molecule has 0 saturated heterocycles. The molecule has 0 aliphatic heterocycles. The van der Waals surface area contributed by atoms with Crippen LogP contribution in [0.25, 0.3) is 0 Å². The number of thioether (sulfide) groups is 1. The summed E-state index contributed by atoms with van der Waals surface area (Å²) in [4.78, 5) is -0.633. The lowest BCUT2D eigenvalue weighted by Gasteiger charge is -2.07. The van der Waals surface area contributed by atoms with Crippen LogP contribution in [0.2, 0.25) is 5.02 Å². The van der Waals surface area contributed by atoms with Crippen molar-refractivity contribution >= 4 is 43.1 Å². The molecule has 0 fully saturated rings. The topological polar surface area (TPSA) is 34.1 Å². The van der Waals surface area contributed by atoms with Crippen molar-refractivity contribution in [3.63, 3.8) is 0 Å². The van der Waals surface area contributed by atoms with Crippen LogP contribution in [0.1, 0.15) is 0 Å². The monoisotopic (exact) mass is 292 g/mol. The molecule has 1 aromatic rings. The molecule has 2 nitrogen and oxygen atoms in total. The van der Waals surface area contributed by atoms with E-state index in [-0.39, 0.29) is 21.7 Å². The normalized spacial score (nSPS) is 12.1. The van der Waals surface area contributed by atoms with Gasteiger partial charge in [0, 0.05) is 10.7 Å². The molecular weight excluding hydrogens is 289 g/mol. The fourth-order valence-corrected chi connectivity index (χ4v) is 3.36. The first-order chi connectivity index (χ1) is 6.82. The Labute approximate surface area is 99.0 Å². The van der Waals surface area contributed by atoms with Crippen LogP contribution < -0.4 is 0 Å². The molecule has 8 heteroatoms. The smallest absolute Gasteiger partial charge is 0.207 e. The largest absolute Gasteiger partial charge is 0.289 e. The lowest BCUT2D eigenvalue weighted by Crippen LogP contribution is -1.95. The van der Waals surface area contributed by atoms with Gasteiger partial charge in [-0.1, -0.05) is 29.4 Å². The molecule has 0 aromatic heterocycles. The van der Waals surface area contributed by atoms with E-state index in [1.807, 2.05) is 0 Å². The number of alkyl halides is 2. The highest BCUT2D eigenvalue weighted by Gasteiger charge is 2.21. The maximum Gasteiger partial charge on any atom is 0.289 e. The molecule has 1 aromatic carbocycles. The third-order valence-corrected chi connectivity index (χ3v) is 4.17. The van der Waals surface area contributed by atoms with E-state index in [0.29, 0.717) is 0 Å². The minimum atomic E-state index is -4.07. The second kappa shape index (κ2) is 4.86. The predicted molar refractivity (Wildman–Crippen MR) is 56.4 cm³/mol. The second-order valence-electron chi connectivity index (χ2n) is 2.38. The molecule has 0 heterocycles. The van der Waals surface area contributed by atoms with E-state index < -0.39 is 19.7 Å². The summed E-state index contributed by atoms with van der Waals surface area (Å²) >= 11 is 5.65. The molecule has 0 atom stereocenters. The highest BCUT2D eigenvalue weighted by Crippen LogP contribution is 2.37. The highest BCUT2D eigenvalue weighted by molar-refractivity contribution is 8.14. The lowest BCUT2D eigenvalue weighted by atomic mass is 10.4. The van der Waals surface area contributed by atoms with Crippen LogP contribution in [0.15, 0.2) is 28.0 Å². The molecule has 0 spiro atoms. The fraction of sp³-hybridized carbons (Fsp3) is 0.143. The van der Waals surface area contributed by atoms with Crippen LogP contribution in [0, 0.1) is 0 Å². The van der Waals surface area contributed by atoms with Crippen LogP contribution in [0.3, 0.4) is 0 Å². The Bertz CT molecular complexity index is 462. The Balaban J connectivity index is 3.33. The summed E-state index contributed by atoms with van der Waals surface area (Å²) < 4.78 is 46.3. The number of benzene rings is 1. The van der Waals surface area contributed by atoms with Gasteiger partial charge in [0.05, 0.1) is 14.8 Å². The van der Waals surface area contributed by atoms with Crippen molar-refractivity contribution in [3.8, 4) is 0 Å². The van der Waals surface area contributed by atoms with Crippen LogP contribution >= 0.6 is 34.0 Å². The summed E-state index contributed by atoms with van der Waals surface area (Å²) in [5.41, 5.74) is 0. The lowest BCUT2D eigenvalue weighted by molar-refractivity contribution is 0.252. The number of halogens is 4. The number of rotatable bonds is 3. The van der Waals surface area contributed by atoms with Crippen molar-refractivity contribution in [2.24, 2.45) is 0 Å². The predicted octanol–water partition coefficient (Wildman–Crippen LogP) is 3.58. The summed E-state index contributed by atoms with van der Waals surface area (Å²) in [6.45, 7) is 0. The first kappa shape index (κ1) is 13.0. The SMILES string of the molecule is O=S(=O)(Cl)c1cccc(Cl)c1SC(F)F. The maximum absolute atomic E-state index is 12.1.